The lowest BCUT2D eigenvalue weighted by Gasteiger charge is -2.56. The number of unbranched alkanes of at least 4 members (excludes halogenated alkanes) is 1. The third-order valence-electron chi connectivity index (χ3n) is 8.43. The fourth-order valence-corrected chi connectivity index (χ4v) is 7.39. The van der Waals surface area contributed by atoms with Gasteiger partial charge in [0.15, 0.2) is 0 Å². The van der Waals surface area contributed by atoms with E-state index in [0.29, 0.717) is 6.42 Å². The van der Waals surface area contributed by atoms with E-state index in [0.717, 1.165) is 72.6 Å². The molecule has 0 saturated heterocycles. The molecule has 2 aromatic rings. The van der Waals surface area contributed by atoms with E-state index in [9.17, 15) is 4.79 Å². The molecule has 4 aliphatic rings. The zero-order chi connectivity index (χ0) is 24.1. The average Bonchev–Trinajstić information content (AvgIpc) is 2.82. The summed E-state index contributed by atoms with van der Waals surface area (Å²) in [5, 5.41) is 11.1. The van der Waals surface area contributed by atoms with Crippen molar-refractivity contribution >= 4 is 28.3 Å². The van der Waals surface area contributed by atoms with Crippen LogP contribution in [0.5, 0.6) is 0 Å². The molecule has 35 heavy (non-hydrogen) atoms. The number of carbonyl (C=O) groups is 1. The maximum absolute atomic E-state index is 13.2. The van der Waals surface area contributed by atoms with Crippen molar-refractivity contribution in [3.63, 3.8) is 0 Å². The molecule has 0 aliphatic heterocycles. The average molecular weight is 475 g/mol. The Morgan fingerprint density at radius 2 is 1.80 bits per heavy atom. The second kappa shape index (κ2) is 11.1. The van der Waals surface area contributed by atoms with Gasteiger partial charge in [-0.15, -0.1) is 0 Å². The van der Waals surface area contributed by atoms with Gasteiger partial charge in [-0.25, -0.2) is 4.98 Å². The Hall–Kier alpha value is -2.40. The van der Waals surface area contributed by atoms with Crippen molar-refractivity contribution in [2.24, 2.45) is 23.2 Å². The highest BCUT2D eigenvalue weighted by Gasteiger charge is 2.51. The first-order valence-electron chi connectivity index (χ1n) is 13.9. The summed E-state index contributed by atoms with van der Waals surface area (Å²) in [5.41, 5.74) is 2.07. The van der Waals surface area contributed by atoms with Crippen molar-refractivity contribution in [1.29, 1.82) is 0 Å². The van der Waals surface area contributed by atoms with E-state index in [1.165, 1.54) is 44.9 Å². The van der Waals surface area contributed by atoms with Crippen LogP contribution in [0.15, 0.2) is 42.5 Å². The summed E-state index contributed by atoms with van der Waals surface area (Å²) < 4.78 is 0. The second-order valence-corrected chi connectivity index (χ2v) is 11.5. The van der Waals surface area contributed by atoms with Crippen LogP contribution < -0.4 is 16.0 Å². The van der Waals surface area contributed by atoms with Gasteiger partial charge in [-0.3, -0.25) is 4.79 Å². The number of aromatic nitrogens is 1. The fourth-order valence-electron chi connectivity index (χ4n) is 7.39. The Morgan fingerprint density at radius 1 is 1.03 bits per heavy atom. The first-order chi connectivity index (χ1) is 17.1. The summed E-state index contributed by atoms with van der Waals surface area (Å²) in [6, 6.07) is 10.1. The van der Waals surface area contributed by atoms with Crippen LogP contribution in [0.25, 0.3) is 10.9 Å². The highest BCUT2D eigenvalue weighted by atomic mass is 16.1. The molecule has 1 heterocycles. The highest BCUT2D eigenvalue weighted by molar-refractivity contribution is 6.01. The quantitative estimate of drug-likeness (QED) is 0.242. The van der Waals surface area contributed by atoms with Crippen molar-refractivity contribution in [3.8, 4) is 0 Å². The number of rotatable bonds is 12. The summed E-state index contributed by atoms with van der Waals surface area (Å²) in [7, 11) is 0. The maximum Gasteiger partial charge on any atom is 0.224 e. The number of amides is 1. The largest absolute Gasteiger partial charge is 0.370 e. The zero-order valence-electron chi connectivity index (χ0n) is 21.3. The Morgan fingerprint density at radius 3 is 2.54 bits per heavy atom. The summed E-state index contributed by atoms with van der Waals surface area (Å²) in [6.07, 6.45) is 16.6. The van der Waals surface area contributed by atoms with Gasteiger partial charge < -0.3 is 16.0 Å². The Balaban J connectivity index is 1.13. The minimum atomic E-state index is 0.179. The fraction of sp³-hybridized carbons (Fsp3) is 0.600. The van der Waals surface area contributed by atoms with Crippen molar-refractivity contribution in [1.82, 2.24) is 10.3 Å². The van der Waals surface area contributed by atoms with Crippen molar-refractivity contribution in [2.45, 2.75) is 71.1 Å². The van der Waals surface area contributed by atoms with Crippen LogP contribution in [-0.4, -0.2) is 30.5 Å². The van der Waals surface area contributed by atoms with Gasteiger partial charge in [-0.2, -0.15) is 0 Å². The first-order valence-corrected chi connectivity index (χ1v) is 13.9. The molecule has 188 valence electrons. The molecule has 3 N–H and O–H groups in total. The van der Waals surface area contributed by atoms with Crippen molar-refractivity contribution < 1.29 is 4.79 Å². The van der Waals surface area contributed by atoms with Crippen LogP contribution in [0.4, 0.5) is 11.5 Å². The maximum atomic E-state index is 13.2. The van der Waals surface area contributed by atoms with Crippen LogP contribution in [0.3, 0.4) is 0 Å². The molecule has 4 aliphatic carbocycles. The van der Waals surface area contributed by atoms with Crippen LogP contribution in [-0.2, 0) is 4.79 Å². The lowest BCUT2D eigenvalue weighted by atomic mass is 9.49. The summed E-state index contributed by atoms with van der Waals surface area (Å²) in [4.78, 5) is 18.0. The molecule has 4 bridgehead atoms. The first kappa shape index (κ1) is 24.3. The molecule has 0 radical (unpaired) electrons. The number of hydrogen-bond donors (Lipinski definition) is 3. The Labute approximate surface area is 210 Å². The number of pyridine rings is 1. The lowest BCUT2D eigenvalue weighted by Crippen LogP contribution is -2.47. The van der Waals surface area contributed by atoms with Gasteiger partial charge in [0, 0.05) is 24.9 Å². The van der Waals surface area contributed by atoms with Gasteiger partial charge >= 0.3 is 0 Å². The molecule has 1 aromatic heterocycles. The van der Waals surface area contributed by atoms with E-state index in [-0.39, 0.29) is 11.3 Å². The molecule has 1 aromatic carbocycles. The predicted octanol–water partition coefficient (Wildman–Crippen LogP) is 6.53. The van der Waals surface area contributed by atoms with Gasteiger partial charge in [0.2, 0.25) is 5.91 Å². The van der Waals surface area contributed by atoms with Gasteiger partial charge in [0.1, 0.15) is 5.82 Å². The summed E-state index contributed by atoms with van der Waals surface area (Å²) in [6.45, 7) is 5.00. The van der Waals surface area contributed by atoms with Crippen molar-refractivity contribution in [2.75, 3.05) is 30.3 Å². The third-order valence-corrected chi connectivity index (χ3v) is 8.43. The number of carbonyl (C=O) groups excluding carboxylic acids is 1. The Bertz CT molecular complexity index is 1010. The molecule has 1 amide bonds. The molecule has 5 heteroatoms. The van der Waals surface area contributed by atoms with E-state index in [4.69, 9.17) is 4.98 Å². The monoisotopic (exact) mass is 474 g/mol. The van der Waals surface area contributed by atoms with E-state index in [1.807, 2.05) is 24.3 Å². The second-order valence-electron chi connectivity index (χ2n) is 11.5. The molecule has 4 fully saturated rings. The van der Waals surface area contributed by atoms with Gasteiger partial charge in [-0.05, 0) is 105 Å². The van der Waals surface area contributed by atoms with E-state index < -0.39 is 0 Å². The summed E-state index contributed by atoms with van der Waals surface area (Å²) in [5.74, 6) is 3.69. The number of nitrogens with one attached hydrogen (secondary N) is 3. The van der Waals surface area contributed by atoms with Gasteiger partial charge in [-0.1, -0.05) is 31.6 Å². The standard InChI is InChI=1S/C30H42N4O/c1-2-3-4-5-12-31-13-7-14-32-28-11-10-25-26(33-28)8-6-9-27(25)34-29(35)21-30-18-22-15-23(19-30)17-24(16-22)20-30/h4-6,8-11,22-24,31H,2-3,7,12-21H2,1H3,(H,32,33)(H,34,35). The Kier molecular flexibility index (Phi) is 7.72. The minimum Gasteiger partial charge on any atom is -0.370 e. The van der Waals surface area contributed by atoms with Crippen LogP contribution in [0.2, 0.25) is 0 Å². The van der Waals surface area contributed by atoms with Gasteiger partial charge in [0.25, 0.3) is 0 Å². The molecule has 6 rings (SSSR count). The van der Waals surface area contributed by atoms with Crippen molar-refractivity contribution in [3.05, 3.63) is 42.5 Å². The number of allylic oxidation sites excluding steroid dienone is 1. The van der Waals surface area contributed by atoms with Gasteiger partial charge in [0.05, 0.1) is 11.2 Å². The number of anilines is 2. The molecule has 0 atom stereocenters. The van der Waals surface area contributed by atoms with Crippen LogP contribution >= 0.6 is 0 Å². The molecule has 0 unspecified atom stereocenters. The van der Waals surface area contributed by atoms with E-state index >= 15 is 0 Å². The normalized spacial score (nSPS) is 27.1. The number of nitrogens with zero attached hydrogens (tertiary/aromatic N) is 1. The zero-order valence-corrected chi connectivity index (χ0v) is 21.3. The predicted molar refractivity (Wildman–Crippen MR) is 146 cm³/mol. The highest BCUT2D eigenvalue weighted by Crippen LogP contribution is 2.61. The SMILES string of the molecule is CCCC=CCNCCCNc1ccc2c(NC(=O)CC34CC5CC(CC(C5)C3)C4)cccc2n1. The minimum absolute atomic E-state index is 0.179. The molecule has 5 nitrogen and oxygen atoms in total. The number of hydrogen-bond acceptors (Lipinski definition) is 4. The molecular weight excluding hydrogens is 432 g/mol. The number of benzene rings is 1. The summed E-state index contributed by atoms with van der Waals surface area (Å²) >= 11 is 0. The lowest BCUT2D eigenvalue weighted by molar-refractivity contribution is -0.124. The number of fused-ring (bicyclic) bond motifs is 1. The third kappa shape index (κ3) is 6.06. The van der Waals surface area contributed by atoms with Crippen LogP contribution in [0.1, 0.15) is 71.1 Å². The molecule has 0 spiro atoms. The molecule has 4 saturated carbocycles. The molecular formula is C30H42N4O. The smallest absolute Gasteiger partial charge is 0.224 e. The topological polar surface area (TPSA) is 66.0 Å². The van der Waals surface area contributed by atoms with Crippen LogP contribution in [0, 0.1) is 23.2 Å². The van der Waals surface area contributed by atoms with E-state index in [2.05, 4.69) is 41.1 Å². The van der Waals surface area contributed by atoms with E-state index in [1.54, 1.807) is 0 Å².